The summed E-state index contributed by atoms with van der Waals surface area (Å²) in [6, 6.07) is 11.3. The fraction of sp³-hybridized carbons (Fsp3) is 0.308. The Labute approximate surface area is 173 Å². The van der Waals surface area contributed by atoms with Crippen LogP contribution in [0.15, 0.2) is 42.5 Å². The predicted octanol–water partition coefficient (Wildman–Crippen LogP) is 7.28. The van der Waals surface area contributed by atoms with Gasteiger partial charge >= 0.3 is 0 Å². The van der Waals surface area contributed by atoms with Crippen LogP contribution >= 0.6 is 0 Å². The molecule has 0 atom stereocenters. The first-order chi connectivity index (χ1) is 14.5. The molecule has 3 aromatic rings. The van der Waals surface area contributed by atoms with Gasteiger partial charge in [0.2, 0.25) is 0 Å². The summed E-state index contributed by atoms with van der Waals surface area (Å²) in [6.07, 6.45) is 4.35. The Kier molecular flexibility index (Phi) is 5.81. The van der Waals surface area contributed by atoms with Crippen LogP contribution < -0.4 is 0 Å². The lowest BCUT2D eigenvalue weighted by Crippen LogP contribution is -2.12. The molecule has 0 radical (unpaired) electrons. The Morgan fingerprint density at radius 1 is 0.833 bits per heavy atom. The number of hydrogen-bond acceptors (Lipinski definition) is 0. The van der Waals surface area contributed by atoms with Gasteiger partial charge in [0.25, 0.3) is 0 Å². The standard InChI is InChI=1S/C26H22F4/c1-2-16-3-9-19(23(27)13-16)10-6-17-4-7-18(8-5-17)20-11-12-22-21(14-20)15-24(28)26(30)25(22)29/h3,9,11-15,17-18H,2,4-5,7-8H2,1H3. The van der Waals surface area contributed by atoms with Crippen molar-refractivity contribution in [2.75, 3.05) is 0 Å². The molecule has 1 aliphatic rings. The fourth-order valence-electron chi connectivity index (χ4n) is 4.21. The lowest BCUT2D eigenvalue weighted by molar-refractivity contribution is 0.385. The van der Waals surface area contributed by atoms with Crippen LogP contribution in [0.2, 0.25) is 0 Å². The Morgan fingerprint density at radius 3 is 2.30 bits per heavy atom. The molecule has 0 N–H and O–H groups in total. The van der Waals surface area contributed by atoms with E-state index in [-0.39, 0.29) is 23.0 Å². The van der Waals surface area contributed by atoms with E-state index in [2.05, 4.69) is 11.8 Å². The molecule has 30 heavy (non-hydrogen) atoms. The van der Waals surface area contributed by atoms with Gasteiger partial charge < -0.3 is 0 Å². The number of aryl methyl sites for hydroxylation is 1. The summed E-state index contributed by atoms with van der Waals surface area (Å²) < 4.78 is 55.0. The minimum atomic E-state index is -1.44. The molecule has 154 valence electrons. The van der Waals surface area contributed by atoms with Crippen LogP contribution in [0, 0.1) is 41.0 Å². The van der Waals surface area contributed by atoms with Crippen LogP contribution in [0.1, 0.15) is 55.2 Å². The van der Waals surface area contributed by atoms with Crippen molar-refractivity contribution < 1.29 is 17.6 Å². The van der Waals surface area contributed by atoms with Crippen molar-refractivity contribution in [3.63, 3.8) is 0 Å². The van der Waals surface area contributed by atoms with E-state index in [1.165, 1.54) is 12.1 Å². The Bertz CT molecular complexity index is 1150. The minimum absolute atomic E-state index is 0.0910. The summed E-state index contributed by atoms with van der Waals surface area (Å²) in [7, 11) is 0. The molecular formula is C26H22F4. The number of hydrogen-bond donors (Lipinski definition) is 0. The molecule has 0 heterocycles. The van der Waals surface area contributed by atoms with E-state index in [1.54, 1.807) is 18.2 Å². The fourth-order valence-corrected chi connectivity index (χ4v) is 4.21. The van der Waals surface area contributed by atoms with E-state index >= 15 is 0 Å². The number of benzene rings is 3. The number of halogens is 4. The van der Waals surface area contributed by atoms with Crippen LogP contribution in [-0.2, 0) is 6.42 Å². The molecule has 0 nitrogen and oxygen atoms in total. The second-order valence-electron chi connectivity index (χ2n) is 7.95. The summed E-state index contributed by atoms with van der Waals surface area (Å²) in [4.78, 5) is 0. The van der Waals surface area contributed by atoms with Crippen molar-refractivity contribution >= 4 is 10.8 Å². The van der Waals surface area contributed by atoms with Crippen molar-refractivity contribution in [2.24, 2.45) is 5.92 Å². The average molecular weight is 410 g/mol. The Morgan fingerprint density at radius 2 is 1.60 bits per heavy atom. The van der Waals surface area contributed by atoms with Gasteiger partial charge in [-0.05, 0) is 72.7 Å². The third-order valence-corrected chi connectivity index (χ3v) is 6.05. The summed E-state index contributed by atoms with van der Waals surface area (Å²) in [5.74, 6) is 2.64. The van der Waals surface area contributed by atoms with E-state index in [4.69, 9.17) is 0 Å². The molecule has 1 aliphatic carbocycles. The molecule has 4 rings (SSSR count). The SMILES string of the molecule is CCc1ccc(C#CC2CCC(c3ccc4c(F)c(F)c(F)cc4c3)CC2)c(F)c1. The van der Waals surface area contributed by atoms with Crippen molar-refractivity contribution in [1.82, 2.24) is 0 Å². The zero-order chi connectivity index (χ0) is 21.3. The zero-order valence-electron chi connectivity index (χ0n) is 16.7. The highest BCUT2D eigenvalue weighted by molar-refractivity contribution is 5.84. The van der Waals surface area contributed by atoms with Crippen molar-refractivity contribution in [3.05, 3.63) is 82.4 Å². The van der Waals surface area contributed by atoms with Gasteiger partial charge in [-0.3, -0.25) is 0 Å². The second kappa shape index (κ2) is 8.52. The Balaban J connectivity index is 1.46. The first-order valence-corrected chi connectivity index (χ1v) is 10.3. The van der Waals surface area contributed by atoms with Crippen LogP contribution in [0.5, 0.6) is 0 Å². The van der Waals surface area contributed by atoms with Gasteiger partial charge in [-0.25, -0.2) is 17.6 Å². The summed E-state index contributed by atoms with van der Waals surface area (Å²) in [5.41, 5.74) is 2.39. The van der Waals surface area contributed by atoms with Crippen molar-refractivity contribution in [3.8, 4) is 11.8 Å². The molecule has 0 aromatic heterocycles. The van der Waals surface area contributed by atoms with E-state index < -0.39 is 17.5 Å². The van der Waals surface area contributed by atoms with Gasteiger partial charge in [0, 0.05) is 11.3 Å². The molecule has 0 unspecified atom stereocenters. The molecule has 0 spiro atoms. The number of fused-ring (bicyclic) bond motifs is 1. The molecule has 0 saturated heterocycles. The third-order valence-electron chi connectivity index (χ3n) is 6.05. The maximum atomic E-state index is 14.1. The second-order valence-corrected chi connectivity index (χ2v) is 7.95. The minimum Gasteiger partial charge on any atom is -0.206 e. The predicted molar refractivity (Wildman–Crippen MR) is 111 cm³/mol. The third kappa shape index (κ3) is 4.07. The molecule has 4 heteroatoms. The van der Waals surface area contributed by atoms with E-state index in [9.17, 15) is 17.6 Å². The van der Waals surface area contributed by atoms with Crippen LogP contribution in [0.4, 0.5) is 17.6 Å². The molecule has 1 saturated carbocycles. The monoisotopic (exact) mass is 410 g/mol. The van der Waals surface area contributed by atoms with Crippen LogP contribution in [0.3, 0.4) is 0 Å². The summed E-state index contributed by atoms with van der Waals surface area (Å²) in [6.45, 7) is 1.99. The topological polar surface area (TPSA) is 0 Å². The maximum Gasteiger partial charge on any atom is 0.195 e. The molecule has 3 aromatic carbocycles. The molecular weight excluding hydrogens is 388 g/mol. The summed E-state index contributed by atoms with van der Waals surface area (Å²) >= 11 is 0. The molecule has 1 fully saturated rings. The van der Waals surface area contributed by atoms with E-state index in [1.807, 2.05) is 13.0 Å². The van der Waals surface area contributed by atoms with E-state index in [0.29, 0.717) is 10.9 Å². The average Bonchev–Trinajstić information content (AvgIpc) is 2.76. The normalized spacial score (nSPS) is 18.8. The smallest absolute Gasteiger partial charge is 0.195 e. The van der Waals surface area contributed by atoms with Gasteiger partial charge in [-0.15, -0.1) is 0 Å². The molecule has 0 bridgehead atoms. The van der Waals surface area contributed by atoms with Gasteiger partial charge in [-0.2, -0.15) is 0 Å². The first kappa shape index (κ1) is 20.5. The first-order valence-electron chi connectivity index (χ1n) is 10.3. The van der Waals surface area contributed by atoms with Gasteiger partial charge in [0.05, 0.1) is 5.56 Å². The van der Waals surface area contributed by atoms with Crippen molar-refractivity contribution in [2.45, 2.75) is 44.9 Å². The van der Waals surface area contributed by atoms with Crippen LogP contribution in [-0.4, -0.2) is 0 Å². The van der Waals surface area contributed by atoms with Gasteiger partial charge in [-0.1, -0.05) is 43.0 Å². The number of rotatable bonds is 2. The molecule has 0 aliphatic heterocycles. The lowest BCUT2D eigenvalue weighted by atomic mass is 9.78. The summed E-state index contributed by atoms with van der Waals surface area (Å²) in [5, 5.41) is 0.463. The van der Waals surface area contributed by atoms with Crippen molar-refractivity contribution in [1.29, 1.82) is 0 Å². The van der Waals surface area contributed by atoms with Crippen LogP contribution in [0.25, 0.3) is 10.8 Å². The van der Waals surface area contributed by atoms with Gasteiger partial charge in [0.1, 0.15) is 5.82 Å². The Hall–Kier alpha value is -2.80. The highest BCUT2D eigenvalue weighted by atomic mass is 19.2. The highest BCUT2D eigenvalue weighted by Crippen LogP contribution is 2.37. The quantitative estimate of drug-likeness (QED) is 0.236. The largest absolute Gasteiger partial charge is 0.206 e. The maximum absolute atomic E-state index is 14.1. The zero-order valence-corrected chi connectivity index (χ0v) is 16.7. The highest BCUT2D eigenvalue weighted by Gasteiger charge is 2.22. The molecule has 0 amide bonds. The lowest BCUT2D eigenvalue weighted by Gasteiger charge is -2.26. The van der Waals surface area contributed by atoms with Gasteiger partial charge in [0.15, 0.2) is 17.5 Å². The van der Waals surface area contributed by atoms with E-state index in [0.717, 1.165) is 49.3 Å².